The third kappa shape index (κ3) is 3.92. The highest BCUT2D eigenvalue weighted by Crippen LogP contribution is 2.26. The summed E-state index contributed by atoms with van der Waals surface area (Å²) in [4.78, 5) is 8.82. The summed E-state index contributed by atoms with van der Waals surface area (Å²) in [5.74, 6) is 1.91. The van der Waals surface area contributed by atoms with Crippen LogP contribution in [0.4, 0.5) is 5.82 Å². The second-order valence-electron chi connectivity index (χ2n) is 4.25. The lowest BCUT2D eigenvalue weighted by Crippen LogP contribution is -2.14. The van der Waals surface area contributed by atoms with E-state index in [1.54, 1.807) is 13.3 Å². The van der Waals surface area contributed by atoms with Crippen molar-refractivity contribution in [2.75, 3.05) is 19.0 Å². The van der Waals surface area contributed by atoms with E-state index in [-0.39, 0.29) is 6.10 Å². The van der Waals surface area contributed by atoms with Gasteiger partial charge in [-0.15, -0.1) is 0 Å². The molecule has 1 atom stereocenters. The van der Waals surface area contributed by atoms with E-state index >= 15 is 0 Å². The maximum Gasteiger partial charge on any atom is 0.159 e. The topological polar surface area (TPSA) is 47.0 Å². The molecule has 1 N–H and O–H groups in total. The quantitative estimate of drug-likeness (QED) is 0.875. The van der Waals surface area contributed by atoms with E-state index in [4.69, 9.17) is 4.74 Å². The van der Waals surface area contributed by atoms with Gasteiger partial charge in [-0.1, -0.05) is 20.8 Å². The molecule has 5 heteroatoms. The fourth-order valence-electron chi connectivity index (χ4n) is 1.56. The molecule has 0 aromatic carbocycles. The molecule has 1 rings (SSSR count). The minimum absolute atomic E-state index is 0.0646. The predicted octanol–water partition coefficient (Wildman–Crippen LogP) is 3.40. The van der Waals surface area contributed by atoms with Gasteiger partial charge in [0.05, 0.1) is 4.47 Å². The number of halogens is 1. The second-order valence-corrected chi connectivity index (χ2v) is 5.11. The van der Waals surface area contributed by atoms with Crippen LogP contribution in [-0.2, 0) is 4.74 Å². The number of ether oxygens (including phenoxy) is 1. The normalized spacial score (nSPS) is 12.8. The summed E-state index contributed by atoms with van der Waals surface area (Å²) in [5.41, 5.74) is 0. The molecule has 0 amide bonds. The first kappa shape index (κ1) is 14.4. The molecule has 0 radical (unpaired) electrons. The van der Waals surface area contributed by atoms with Crippen molar-refractivity contribution in [3.63, 3.8) is 0 Å². The molecule has 0 bridgehead atoms. The van der Waals surface area contributed by atoms with Gasteiger partial charge in [0.1, 0.15) is 11.9 Å². The van der Waals surface area contributed by atoms with E-state index in [1.165, 1.54) is 0 Å². The van der Waals surface area contributed by atoms with Gasteiger partial charge in [0, 0.05) is 19.9 Å². The van der Waals surface area contributed by atoms with Crippen molar-refractivity contribution in [2.45, 2.75) is 33.3 Å². The summed E-state index contributed by atoms with van der Waals surface area (Å²) in [6.07, 6.45) is 2.77. The van der Waals surface area contributed by atoms with Crippen LogP contribution < -0.4 is 5.32 Å². The SMILES string of the molecule is CCCNc1nc(C(OC)C(C)C)ncc1Br. The molecule has 0 fully saturated rings. The van der Waals surface area contributed by atoms with Crippen LogP contribution in [0.3, 0.4) is 0 Å². The van der Waals surface area contributed by atoms with Crippen molar-refractivity contribution in [3.8, 4) is 0 Å². The Bertz CT molecular complexity index is 358. The Labute approximate surface area is 111 Å². The lowest BCUT2D eigenvalue weighted by Gasteiger charge is -2.18. The van der Waals surface area contributed by atoms with Gasteiger partial charge in [-0.05, 0) is 28.3 Å². The Kier molecular flexibility index (Phi) is 5.85. The monoisotopic (exact) mass is 301 g/mol. The largest absolute Gasteiger partial charge is 0.373 e. The van der Waals surface area contributed by atoms with Crippen LogP contribution in [0.5, 0.6) is 0 Å². The number of hydrogen-bond donors (Lipinski definition) is 1. The highest BCUT2D eigenvalue weighted by Gasteiger charge is 2.19. The summed E-state index contributed by atoms with van der Waals surface area (Å²) < 4.78 is 6.31. The maximum absolute atomic E-state index is 5.43. The van der Waals surface area contributed by atoms with Crippen molar-refractivity contribution >= 4 is 21.7 Å². The van der Waals surface area contributed by atoms with E-state index in [0.29, 0.717) is 5.92 Å². The Morgan fingerprint density at radius 2 is 2.18 bits per heavy atom. The van der Waals surface area contributed by atoms with Crippen LogP contribution in [0.25, 0.3) is 0 Å². The summed E-state index contributed by atoms with van der Waals surface area (Å²) >= 11 is 3.44. The highest BCUT2D eigenvalue weighted by molar-refractivity contribution is 9.10. The van der Waals surface area contributed by atoms with Gasteiger partial charge in [0.15, 0.2) is 5.82 Å². The van der Waals surface area contributed by atoms with Gasteiger partial charge in [-0.3, -0.25) is 0 Å². The van der Waals surface area contributed by atoms with E-state index in [9.17, 15) is 0 Å². The molecule has 0 aliphatic heterocycles. The van der Waals surface area contributed by atoms with Gasteiger partial charge in [0.2, 0.25) is 0 Å². The molecule has 0 spiro atoms. The molecule has 0 aliphatic carbocycles. The first-order chi connectivity index (χ1) is 8.10. The standard InChI is InChI=1S/C12H20BrN3O/c1-5-6-14-11-9(13)7-15-12(16-11)10(17-4)8(2)3/h7-8,10H,5-6H2,1-4H3,(H,14,15,16). The number of anilines is 1. The van der Waals surface area contributed by atoms with Gasteiger partial charge >= 0.3 is 0 Å². The summed E-state index contributed by atoms with van der Waals surface area (Å²) in [6.45, 7) is 7.21. The van der Waals surface area contributed by atoms with Crippen LogP contribution in [0.1, 0.15) is 39.1 Å². The summed E-state index contributed by atoms with van der Waals surface area (Å²) in [5, 5.41) is 3.27. The van der Waals surface area contributed by atoms with Crippen LogP contribution in [0.2, 0.25) is 0 Å². The molecular weight excluding hydrogens is 282 g/mol. The molecule has 96 valence electrons. The number of aromatic nitrogens is 2. The second kappa shape index (κ2) is 6.91. The molecular formula is C12H20BrN3O. The van der Waals surface area contributed by atoms with Crippen molar-refractivity contribution in [1.82, 2.24) is 9.97 Å². The number of nitrogens with zero attached hydrogens (tertiary/aromatic N) is 2. The van der Waals surface area contributed by atoms with Gasteiger partial charge in [-0.25, -0.2) is 9.97 Å². The Morgan fingerprint density at radius 1 is 1.47 bits per heavy atom. The zero-order valence-electron chi connectivity index (χ0n) is 10.8. The third-order valence-electron chi connectivity index (χ3n) is 2.42. The zero-order valence-corrected chi connectivity index (χ0v) is 12.4. The third-order valence-corrected chi connectivity index (χ3v) is 3.00. The fourth-order valence-corrected chi connectivity index (χ4v) is 1.89. The van der Waals surface area contributed by atoms with Crippen LogP contribution in [-0.4, -0.2) is 23.6 Å². The van der Waals surface area contributed by atoms with Gasteiger partial charge in [-0.2, -0.15) is 0 Å². The van der Waals surface area contributed by atoms with E-state index in [0.717, 1.165) is 29.1 Å². The molecule has 4 nitrogen and oxygen atoms in total. The van der Waals surface area contributed by atoms with E-state index in [1.807, 2.05) is 0 Å². The minimum Gasteiger partial charge on any atom is -0.373 e. The van der Waals surface area contributed by atoms with Crippen molar-refractivity contribution in [2.24, 2.45) is 5.92 Å². The van der Waals surface area contributed by atoms with Crippen LogP contribution >= 0.6 is 15.9 Å². The van der Waals surface area contributed by atoms with Gasteiger partial charge < -0.3 is 10.1 Å². The molecule has 0 saturated carbocycles. The molecule has 0 aliphatic rings. The van der Waals surface area contributed by atoms with Crippen molar-refractivity contribution < 1.29 is 4.74 Å². The van der Waals surface area contributed by atoms with Crippen LogP contribution in [0, 0.1) is 5.92 Å². The Morgan fingerprint density at radius 3 is 2.71 bits per heavy atom. The van der Waals surface area contributed by atoms with E-state index < -0.39 is 0 Å². The number of nitrogens with one attached hydrogen (secondary N) is 1. The predicted molar refractivity (Wildman–Crippen MR) is 73.1 cm³/mol. The number of methoxy groups -OCH3 is 1. The lowest BCUT2D eigenvalue weighted by atomic mass is 10.1. The first-order valence-electron chi connectivity index (χ1n) is 5.89. The van der Waals surface area contributed by atoms with Gasteiger partial charge in [0.25, 0.3) is 0 Å². The van der Waals surface area contributed by atoms with E-state index in [2.05, 4.69) is 52.0 Å². The number of hydrogen-bond acceptors (Lipinski definition) is 4. The average Bonchev–Trinajstić information content (AvgIpc) is 2.30. The van der Waals surface area contributed by atoms with Crippen molar-refractivity contribution in [1.29, 1.82) is 0 Å². The maximum atomic E-state index is 5.43. The molecule has 17 heavy (non-hydrogen) atoms. The molecule has 1 aromatic rings. The molecule has 1 unspecified atom stereocenters. The fraction of sp³-hybridized carbons (Fsp3) is 0.667. The zero-order chi connectivity index (χ0) is 12.8. The highest BCUT2D eigenvalue weighted by atomic mass is 79.9. The number of rotatable bonds is 6. The van der Waals surface area contributed by atoms with Crippen LogP contribution in [0.15, 0.2) is 10.7 Å². The molecule has 1 aromatic heterocycles. The Hall–Kier alpha value is -0.680. The first-order valence-corrected chi connectivity index (χ1v) is 6.68. The minimum atomic E-state index is -0.0646. The lowest BCUT2D eigenvalue weighted by molar-refractivity contribution is 0.0575. The summed E-state index contributed by atoms with van der Waals surface area (Å²) in [7, 11) is 1.69. The smallest absolute Gasteiger partial charge is 0.159 e. The molecule has 1 heterocycles. The molecule has 0 saturated heterocycles. The average molecular weight is 302 g/mol. The van der Waals surface area contributed by atoms with Crippen molar-refractivity contribution in [3.05, 3.63) is 16.5 Å². The summed E-state index contributed by atoms with van der Waals surface area (Å²) in [6, 6.07) is 0. The Balaban J connectivity index is 2.93.